The largest absolute Gasteiger partial charge is 0.360 e. The fourth-order valence-corrected chi connectivity index (χ4v) is 4.03. The number of nitrogens with one attached hydrogen (secondary N) is 2. The smallest absolute Gasteiger partial charge is 0.234 e. The number of hydrogen-bond acceptors (Lipinski definition) is 4. The third kappa shape index (κ3) is 4.61. The highest BCUT2D eigenvalue weighted by atomic mass is 16.2. The van der Waals surface area contributed by atoms with Crippen LogP contribution >= 0.6 is 0 Å². The Morgan fingerprint density at radius 1 is 1.00 bits per heavy atom. The lowest BCUT2D eigenvalue weighted by molar-refractivity contribution is -0.122. The van der Waals surface area contributed by atoms with Gasteiger partial charge in [-0.25, -0.2) is 0 Å². The van der Waals surface area contributed by atoms with Crippen molar-refractivity contribution in [2.75, 3.05) is 32.7 Å². The van der Waals surface area contributed by atoms with E-state index in [1.54, 1.807) is 0 Å². The third-order valence-corrected chi connectivity index (χ3v) is 5.89. The van der Waals surface area contributed by atoms with Gasteiger partial charge >= 0.3 is 0 Å². The zero-order valence-corrected chi connectivity index (χ0v) is 17.3. The predicted molar refractivity (Wildman–Crippen MR) is 118 cm³/mol. The lowest BCUT2D eigenvalue weighted by Crippen LogP contribution is -2.53. The molecule has 1 saturated heterocycles. The van der Waals surface area contributed by atoms with Crippen LogP contribution in [0.2, 0.25) is 0 Å². The second-order valence-corrected chi connectivity index (χ2v) is 7.86. The molecule has 1 fully saturated rings. The van der Waals surface area contributed by atoms with E-state index in [-0.39, 0.29) is 17.7 Å². The minimum Gasteiger partial charge on any atom is -0.360 e. The second kappa shape index (κ2) is 9.24. The summed E-state index contributed by atoms with van der Waals surface area (Å²) in [7, 11) is 0. The Morgan fingerprint density at radius 3 is 2.47 bits per heavy atom. The average Bonchev–Trinajstić information content (AvgIpc) is 3.22. The molecule has 4 rings (SSSR count). The Balaban J connectivity index is 1.26. The van der Waals surface area contributed by atoms with Gasteiger partial charge in [0.2, 0.25) is 5.91 Å². The fraction of sp³-hybridized carbons (Fsp3) is 0.333. The van der Waals surface area contributed by atoms with Crippen molar-refractivity contribution in [1.29, 1.82) is 0 Å². The zero-order chi connectivity index (χ0) is 20.9. The maximum Gasteiger partial charge on any atom is 0.234 e. The number of piperazine rings is 1. The molecule has 30 heavy (non-hydrogen) atoms. The molecule has 0 spiro atoms. The number of fused-ring (bicyclic) bond motifs is 1. The van der Waals surface area contributed by atoms with E-state index in [2.05, 4.69) is 20.1 Å². The highest BCUT2D eigenvalue weighted by Crippen LogP contribution is 2.21. The standard InChI is InChI=1S/C24H28N4O2/c1-18(24(30)21-16-25-22-10-6-5-9-20(21)22)28-13-11-27(12-14-28)17-23(29)26-15-19-7-3-2-4-8-19/h2-10,16,18,25H,11-15,17H2,1H3,(H,26,29). The molecular weight excluding hydrogens is 376 g/mol. The van der Waals surface area contributed by atoms with Gasteiger partial charge < -0.3 is 10.3 Å². The van der Waals surface area contributed by atoms with E-state index in [0.29, 0.717) is 13.1 Å². The van der Waals surface area contributed by atoms with Crippen molar-refractivity contribution >= 4 is 22.6 Å². The van der Waals surface area contributed by atoms with Gasteiger partial charge in [-0.05, 0) is 18.6 Å². The quantitative estimate of drug-likeness (QED) is 0.594. The van der Waals surface area contributed by atoms with Crippen molar-refractivity contribution in [2.24, 2.45) is 0 Å². The first-order valence-electron chi connectivity index (χ1n) is 10.5. The number of amides is 1. The van der Waals surface area contributed by atoms with Crippen LogP contribution in [-0.2, 0) is 11.3 Å². The van der Waals surface area contributed by atoms with E-state index in [9.17, 15) is 9.59 Å². The molecule has 1 unspecified atom stereocenters. The van der Waals surface area contributed by atoms with Crippen LogP contribution in [0.1, 0.15) is 22.8 Å². The SMILES string of the molecule is CC(C(=O)c1c[nH]c2ccccc12)N1CCN(CC(=O)NCc2ccccc2)CC1. The van der Waals surface area contributed by atoms with Crippen LogP contribution in [-0.4, -0.2) is 65.2 Å². The van der Waals surface area contributed by atoms with E-state index in [0.717, 1.165) is 48.2 Å². The van der Waals surface area contributed by atoms with E-state index in [1.165, 1.54) is 0 Å². The Hall–Kier alpha value is -2.96. The number of Topliss-reactive ketones (excluding diaryl/α,β-unsaturated/α-hetero) is 1. The van der Waals surface area contributed by atoms with E-state index in [4.69, 9.17) is 0 Å². The molecule has 0 radical (unpaired) electrons. The molecule has 1 aliphatic rings. The summed E-state index contributed by atoms with van der Waals surface area (Å²) in [6.07, 6.45) is 1.82. The summed E-state index contributed by atoms with van der Waals surface area (Å²) >= 11 is 0. The van der Waals surface area contributed by atoms with Gasteiger partial charge in [0.15, 0.2) is 5.78 Å². The molecule has 2 heterocycles. The van der Waals surface area contributed by atoms with E-state index in [1.807, 2.05) is 67.7 Å². The molecule has 0 bridgehead atoms. The Kier molecular flexibility index (Phi) is 6.26. The van der Waals surface area contributed by atoms with Crippen molar-refractivity contribution in [2.45, 2.75) is 19.5 Å². The first-order valence-corrected chi connectivity index (χ1v) is 10.5. The number of ketones is 1. The van der Waals surface area contributed by atoms with Gasteiger partial charge in [0, 0.05) is 55.4 Å². The van der Waals surface area contributed by atoms with E-state index < -0.39 is 0 Å². The van der Waals surface area contributed by atoms with Gasteiger partial charge in [-0.1, -0.05) is 48.5 Å². The lowest BCUT2D eigenvalue weighted by atomic mass is 10.0. The maximum absolute atomic E-state index is 13.1. The van der Waals surface area contributed by atoms with Crippen LogP contribution in [0.3, 0.4) is 0 Å². The zero-order valence-electron chi connectivity index (χ0n) is 17.3. The van der Waals surface area contributed by atoms with Crippen LogP contribution < -0.4 is 5.32 Å². The van der Waals surface area contributed by atoms with Crippen LogP contribution in [0.15, 0.2) is 60.8 Å². The third-order valence-electron chi connectivity index (χ3n) is 5.89. The predicted octanol–water partition coefficient (Wildman–Crippen LogP) is 2.67. The number of nitrogens with zero attached hydrogens (tertiary/aromatic N) is 2. The number of carbonyl (C=O) groups is 2. The monoisotopic (exact) mass is 404 g/mol. The number of aromatic nitrogens is 1. The van der Waals surface area contributed by atoms with Gasteiger partial charge in [-0.2, -0.15) is 0 Å². The van der Waals surface area contributed by atoms with E-state index >= 15 is 0 Å². The van der Waals surface area contributed by atoms with Gasteiger partial charge in [0.25, 0.3) is 0 Å². The molecule has 1 aromatic heterocycles. The molecule has 3 aromatic rings. The molecule has 1 atom stereocenters. The molecule has 6 nitrogen and oxygen atoms in total. The van der Waals surface area contributed by atoms with Gasteiger partial charge in [-0.3, -0.25) is 19.4 Å². The summed E-state index contributed by atoms with van der Waals surface area (Å²) < 4.78 is 0. The topological polar surface area (TPSA) is 68.4 Å². The molecule has 0 aliphatic carbocycles. The van der Waals surface area contributed by atoms with Crippen molar-refractivity contribution in [3.05, 3.63) is 71.9 Å². The van der Waals surface area contributed by atoms with Gasteiger partial charge in [0.1, 0.15) is 0 Å². The molecule has 1 aliphatic heterocycles. The Morgan fingerprint density at radius 2 is 1.70 bits per heavy atom. The lowest BCUT2D eigenvalue weighted by Gasteiger charge is -2.37. The summed E-state index contributed by atoms with van der Waals surface area (Å²) in [5.74, 6) is 0.178. The molecule has 2 aromatic carbocycles. The number of aromatic amines is 1. The number of H-pyrrole nitrogens is 1. The maximum atomic E-state index is 13.1. The molecule has 2 N–H and O–H groups in total. The van der Waals surface area contributed by atoms with Crippen LogP contribution in [0.25, 0.3) is 10.9 Å². The van der Waals surface area contributed by atoms with Crippen LogP contribution in [0.5, 0.6) is 0 Å². The number of carbonyl (C=O) groups excluding carboxylic acids is 2. The van der Waals surface area contributed by atoms with Crippen molar-refractivity contribution in [3.63, 3.8) is 0 Å². The fourth-order valence-electron chi connectivity index (χ4n) is 4.03. The second-order valence-electron chi connectivity index (χ2n) is 7.86. The van der Waals surface area contributed by atoms with Gasteiger partial charge in [-0.15, -0.1) is 0 Å². The number of benzene rings is 2. The molecule has 6 heteroatoms. The average molecular weight is 405 g/mol. The van der Waals surface area contributed by atoms with Crippen LogP contribution in [0, 0.1) is 0 Å². The van der Waals surface area contributed by atoms with Crippen LogP contribution in [0.4, 0.5) is 0 Å². The summed E-state index contributed by atoms with van der Waals surface area (Å²) in [4.78, 5) is 32.9. The minimum atomic E-state index is -0.182. The number of rotatable bonds is 7. The number of para-hydroxylation sites is 1. The highest BCUT2D eigenvalue weighted by molar-refractivity contribution is 6.10. The Labute approximate surface area is 176 Å². The summed E-state index contributed by atoms with van der Waals surface area (Å²) in [6, 6.07) is 17.6. The first-order chi connectivity index (χ1) is 14.6. The number of hydrogen-bond donors (Lipinski definition) is 2. The highest BCUT2D eigenvalue weighted by Gasteiger charge is 2.28. The van der Waals surface area contributed by atoms with Crippen molar-refractivity contribution < 1.29 is 9.59 Å². The molecule has 156 valence electrons. The Bertz CT molecular complexity index is 1010. The molecular formula is C24H28N4O2. The van der Waals surface area contributed by atoms with Crippen molar-refractivity contribution in [3.8, 4) is 0 Å². The summed E-state index contributed by atoms with van der Waals surface area (Å²) in [5, 5.41) is 3.96. The summed E-state index contributed by atoms with van der Waals surface area (Å²) in [5.41, 5.74) is 2.83. The minimum absolute atomic E-state index is 0.0372. The van der Waals surface area contributed by atoms with Gasteiger partial charge in [0.05, 0.1) is 12.6 Å². The summed E-state index contributed by atoms with van der Waals surface area (Å²) in [6.45, 7) is 6.05. The molecule has 0 saturated carbocycles. The molecule has 1 amide bonds. The first kappa shape index (κ1) is 20.3. The normalized spacial score (nSPS) is 16.4. The van der Waals surface area contributed by atoms with Crippen molar-refractivity contribution in [1.82, 2.24) is 20.1 Å².